The van der Waals surface area contributed by atoms with E-state index in [2.05, 4.69) is 17.1 Å². The first-order valence-corrected chi connectivity index (χ1v) is 7.87. The van der Waals surface area contributed by atoms with Gasteiger partial charge in [0.25, 0.3) is 0 Å². The van der Waals surface area contributed by atoms with Gasteiger partial charge in [-0.2, -0.15) is 0 Å². The van der Waals surface area contributed by atoms with Gasteiger partial charge in [-0.05, 0) is 62.5 Å². The highest BCUT2D eigenvalue weighted by atomic mass is 19.1. The number of piperidine rings is 1. The summed E-state index contributed by atoms with van der Waals surface area (Å²) in [7, 11) is 0. The Labute approximate surface area is 126 Å². The van der Waals surface area contributed by atoms with E-state index in [1.807, 2.05) is 0 Å². The quantitative estimate of drug-likeness (QED) is 0.817. The van der Waals surface area contributed by atoms with Gasteiger partial charge in [-0.3, -0.25) is 4.79 Å². The lowest BCUT2D eigenvalue weighted by molar-refractivity contribution is -0.120. The molecule has 1 aliphatic heterocycles. The zero-order chi connectivity index (χ0) is 15.1. The summed E-state index contributed by atoms with van der Waals surface area (Å²) in [6.45, 7) is 6.41. The van der Waals surface area contributed by atoms with Crippen molar-refractivity contribution in [1.82, 2.24) is 10.2 Å². The number of rotatable bonds is 6. The van der Waals surface area contributed by atoms with Crippen LogP contribution in [0.15, 0.2) is 24.3 Å². The van der Waals surface area contributed by atoms with Gasteiger partial charge in [0.05, 0.1) is 6.42 Å². The molecule has 0 unspecified atom stereocenters. The molecule has 3 nitrogen and oxygen atoms in total. The molecule has 2 rings (SSSR count). The molecule has 0 spiro atoms. The molecular formula is C17H25FN2O. The van der Waals surface area contributed by atoms with Crippen molar-refractivity contribution in [3.63, 3.8) is 0 Å². The second-order valence-corrected chi connectivity index (χ2v) is 6.03. The van der Waals surface area contributed by atoms with Crippen molar-refractivity contribution in [3.05, 3.63) is 35.6 Å². The molecule has 1 aliphatic rings. The second-order valence-electron chi connectivity index (χ2n) is 6.03. The summed E-state index contributed by atoms with van der Waals surface area (Å²) in [5, 5.41) is 2.91. The molecule has 21 heavy (non-hydrogen) atoms. The molecule has 1 saturated heterocycles. The van der Waals surface area contributed by atoms with Crippen LogP contribution >= 0.6 is 0 Å². The lowest BCUT2D eigenvalue weighted by Gasteiger charge is -2.30. The first kappa shape index (κ1) is 16.0. The molecule has 1 aromatic rings. The average molecular weight is 292 g/mol. The average Bonchev–Trinajstić information content (AvgIpc) is 2.45. The third-order valence-electron chi connectivity index (χ3n) is 4.10. The molecule has 1 N–H and O–H groups in total. The van der Waals surface area contributed by atoms with Crippen LogP contribution in [0.4, 0.5) is 4.39 Å². The molecule has 0 aromatic heterocycles. The van der Waals surface area contributed by atoms with Crippen molar-refractivity contribution in [2.24, 2.45) is 5.92 Å². The number of hydrogen-bond acceptors (Lipinski definition) is 2. The lowest BCUT2D eigenvalue weighted by atomic mass is 9.99. The molecule has 0 radical (unpaired) electrons. The van der Waals surface area contributed by atoms with Crippen molar-refractivity contribution in [2.75, 3.05) is 26.2 Å². The monoisotopic (exact) mass is 292 g/mol. The highest BCUT2D eigenvalue weighted by molar-refractivity contribution is 5.78. The number of carbonyl (C=O) groups excluding carboxylic acids is 1. The Kier molecular flexibility index (Phi) is 6.18. The summed E-state index contributed by atoms with van der Waals surface area (Å²) in [6, 6.07) is 6.21. The van der Waals surface area contributed by atoms with Gasteiger partial charge in [0.1, 0.15) is 5.82 Å². The Morgan fingerprint density at radius 1 is 1.38 bits per heavy atom. The van der Waals surface area contributed by atoms with Gasteiger partial charge in [-0.15, -0.1) is 0 Å². The summed E-state index contributed by atoms with van der Waals surface area (Å²) in [4.78, 5) is 14.2. The van der Waals surface area contributed by atoms with Crippen molar-refractivity contribution >= 4 is 5.91 Å². The fourth-order valence-corrected chi connectivity index (χ4v) is 2.71. The summed E-state index contributed by atoms with van der Waals surface area (Å²) >= 11 is 0. The van der Waals surface area contributed by atoms with Crippen LogP contribution in [0.5, 0.6) is 0 Å². The molecule has 0 saturated carbocycles. The number of likely N-dealkylation sites (tertiary alicyclic amines) is 1. The van der Waals surface area contributed by atoms with E-state index in [1.54, 1.807) is 12.1 Å². The number of amides is 1. The smallest absolute Gasteiger partial charge is 0.224 e. The van der Waals surface area contributed by atoms with Crippen LogP contribution in [0.2, 0.25) is 0 Å². The third-order valence-corrected chi connectivity index (χ3v) is 4.10. The first-order valence-electron chi connectivity index (χ1n) is 7.87. The van der Waals surface area contributed by atoms with E-state index in [-0.39, 0.29) is 18.1 Å². The number of nitrogens with zero attached hydrogens (tertiary/aromatic N) is 1. The minimum absolute atomic E-state index is 0.0344. The number of nitrogens with one attached hydrogen (secondary N) is 1. The SMILES string of the molecule is CC1CCN(CCCNC(=O)Cc2cccc(F)c2)CC1. The molecule has 0 bridgehead atoms. The van der Waals surface area contributed by atoms with Crippen molar-refractivity contribution < 1.29 is 9.18 Å². The number of benzene rings is 1. The maximum Gasteiger partial charge on any atom is 0.224 e. The first-order chi connectivity index (χ1) is 10.1. The van der Waals surface area contributed by atoms with Crippen LogP contribution in [0, 0.1) is 11.7 Å². The van der Waals surface area contributed by atoms with E-state index in [9.17, 15) is 9.18 Å². The van der Waals surface area contributed by atoms with Crippen molar-refractivity contribution in [3.8, 4) is 0 Å². The molecule has 1 heterocycles. The fourth-order valence-electron chi connectivity index (χ4n) is 2.71. The van der Waals surface area contributed by atoms with E-state index in [4.69, 9.17) is 0 Å². The Hall–Kier alpha value is -1.42. The normalized spacial score (nSPS) is 16.9. The van der Waals surface area contributed by atoms with Crippen LogP contribution in [-0.4, -0.2) is 37.0 Å². The minimum atomic E-state index is -0.292. The molecular weight excluding hydrogens is 267 g/mol. The lowest BCUT2D eigenvalue weighted by Crippen LogP contribution is -2.35. The topological polar surface area (TPSA) is 32.3 Å². The second kappa shape index (κ2) is 8.13. The maximum atomic E-state index is 13.0. The van der Waals surface area contributed by atoms with Crippen LogP contribution in [-0.2, 0) is 11.2 Å². The summed E-state index contributed by atoms with van der Waals surface area (Å²) < 4.78 is 13.0. The number of carbonyl (C=O) groups is 1. The van der Waals surface area contributed by atoms with Gasteiger partial charge in [-0.25, -0.2) is 4.39 Å². The largest absolute Gasteiger partial charge is 0.356 e. The van der Waals surface area contributed by atoms with E-state index in [0.29, 0.717) is 6.54 Å². The molecule has 1 fully saturated rings. The van der Waals surface area contributed by atoms with Gasteiger partial charge in [-0.1, -0.05) is 19.1 Å². The van der Waals surface area contributed by atoms with E-state index in [1.165, 1.54) is 38.1 Å². The van der Waals surface area contributed by atoms with Crippen LogP contribution in [0.1, 0.15) is 31.7 Å². The maximum absolute atomic E-state index is 13.0. The summed E-state index contributed by atoms with van der Waals surface area (Å²) in [6.07, 6.45) is 3.79. The van der Waals surface area contributed by atoms with E-state index >= 15 is 0 Å². The third kappa shape index (κ3) is 5.84. The van der Waals surface area contributed by atoms with Gasteiger partial charge in [0, 0.05) is 6.54 Å². The van der Waals surface area contributed by atoms with Crippen LogP contribution in [0.3, 0.4) is 0 Å². The number of halogens is 1. The van der Waals surface area contributed by atoms with Crippen LogP contribution in [0.25, 0.3) is 0 Å². The Balaban J connectivity index is 1.59. The molecule has 0 aliphatic carbocycles. The minimum Gasteiger partial charge on any atom is -0.356 e. The zero-order valence-electron chi connectivity index (χ0n) is 12.8. The molecule has 1 aromatic carbocycles. The van der Waals surface area contributed by atoms with Crippen molar-refractivity contribution in [1.29, 1.82) is 0 Å². The van der Waals surface area contributed by atoms with E-state index < -0.39 is 0 Å². The summed E-state index contributed by atoms with van der Waals surface area (Å²) in [5.74, 6) is 0.528. The molecule has 0 atom stereocenters. The highest BCUT2D eigenvalue weighted by Gasteiger charge is 2.14. The van der Waals surface area contributed by atoms with Gasteiger partial charge in [0.2, 0.25) is 5.91 Å². The van der Waals surface area contributed by atoms with E-state index in [0.717, 1.165) is 24.4 Å². The fraction of sp³-hybridized carbons (Fsp3) is 0.588. The number of hydrogen-bond donors (Lipinski definition) is 1. The highest BCUT2D eigenvalue weighted by Crippen LogP contribution is 2.15. The standard InChI is InChI=1S/C17H25FN2O/c1-14-6-10-20(11-7-14)9-3-8-19-17(21)13-15-4-2-5-16(18)12-15/h2,4-5,12,14H,3,6-11,13H2,1H3,(H,19,21). The van der Waals surface area contributed by atoms with Crippen LogP contribution < -0.4 is 5.32 Å². The predicted octanol–water partition coefficient (Wildman–Crippen LogP) is 2.61. The van der Waals surface area contributed by atoms with Gasteiger partial charge >= 0.3 is 0 Å². The Morgan fingerprint density at radius 2 is 2.14 bits per heavy atom. The summed E-state index contributed by atoms with van der Waals surface area (Å²) in [5.41, 5.74) is 0.720. The van der Waals surface area contributed by atoms with Crippen molar-refractivity contribution in [2.45, 2.75) is 32.6 Å². The van der Waals surface area contributed by atoms with Gasteiger partial charge in [0.15, 0.2) is 0 Å². The molecule has 1 amide bonds. The molecule has 4 heteroatoms. The Bertz CT molecular complexity index is 456. The zero-order valence-corrected chi connectivity index (χ0v) is 12.8. The van der Waals surface area contributed by atoms with Gasteiger partial charge < -0.3 is 10.2 Å². The predicted molar refractivity (Wildman–Crippen MR) is 82.6 cm³/mol. The Morgan fingerprint density at radius 3 is 2.86 bits per heavy atom. The molecule has 116 valence electrons.